The van der Waals surface area contributed by atoms with Crippen molar-refractivity contribution in [3.05, 3.63) is 80.5 Å². The highest BCUT2D eigenvalue weighted by Gasteiger charge is 2.18. The molecule has 1 amide bonds. The molecule has 0 radical (unpaired) electrons. The summed E-state index contributed by atoms with van der Waals surface area (Å²) in [7, 11) is 0. The summed E-state index contributed by atoms with van der Waals surface area (Å²) in [5.41, 5.74) is 3.09. The van der Waals surface area contributed by atoms with Gasteiger partial charge in [0.15, 0.2) is 0 Å². The SMILES string of the molecule is CCOc1ccc(C(=O)N/N=C/c2ccc(-c3ccc(Br)cc3[N+](=O)[O-])o2)cc1. The topological polar surface area (TPSA) is 107 Å². The Morgan fingerprint density at radius 1 is 1.24 bits per heavy atom. The number of halogens is 1. The van der Waals surface area contributed by atoms with Crippen LogP contribution in [0.3, 0.4) is 0 Å². The number of rotatable bonds is 7. The van der Waals surface area contributed by atoms with E-state index in [1.807, 2.05) is 6.92 Å². The van der Waals surface area contributed by atoms with Gasteiger partial charge in [0.05, 0.1) is 23.3 Å². The van der Waals surface area contributed by atoms with Gasteiger partial charge in [-0.25, -0.2) is 5.43 Å². The van der Waals surface area contributed by atoms with Crippen LogP contribution in [0.1, 0.15) is 23.0 Å². The maximum absolute atomic E-state index is 12.1. The fourth-order valence-electron chi connectivity index (χ4n) is 2.52. The summed E-state index contributed by atoms with van der Waals surface area (Å²) in [6.45, 7) is 2.43. The molecule has 0 fully saturated rings. The number of hydrogen-bond donors (Lipinski definition) is 1. The molecule has 2 aromatic carbocycles. The van der Waals surface area contributed by atoms with E-state index in [-0.39, 0.29) is 11.6 Å². The number of hydrazone groups is 1. The van der Waals surface area contributed by atoms with Gasteiger partial charge < -0.3 is 9.15 Å². The first-order chi connectivity index (χ1) is 14.0. The van der Waals surface area contributed by atoms with E-state index in [1.165, 1.54) is 12.3 Å². The number of nitro benzene ring substituents is 1. The number of benzene rings is 2. The van der Waals surface area contributed by atoms with Crippen LogP contribution in [0.15, 0.2) is 68.6 Å². The molecule has 0 saturated heterocycles. The van der Waals surface area contributed by atoms with Crippen molar-refractivity contribution in [2.75, 3.05) is 6.61 Å². The van der Waals surface area contributed by atoms with Gasteiger partial charge in [0, 0.05) is 16.1 Å². The lowest BCUT2D eigenvalue weighted by molar-refractivity contribution is -0.384. The number of nitro groups is 1. The van der Waals surface area contributed by atoms with E-state index in [0.29, 0.717) is 39.5 Å². The van der Waals surface area contributed by atoms with Crippen LogP contribution in [0.2, 0.25) is 0 Å². The highest BCUT2D eigenvalue weighted by Crippen LogP contribution is 2.33. The Hall–Kier alpha value is -3.46. The van der Waals surface area contributed by atoms with Crippen LogP contribution < -0.4 is 10.2 Å². The van der Waals surface area contributed by atoms with Gasteiger partial charge in [0.2, 0.25) is 0 Å². The van der Waals surface area contributed by atoms with E-state index in [2.05, 4.69) is 26.5 Å². The second-order valence-corrected chi connectivity index (χ2v) is 6.69. The lowest BCUT2D eigenvalue weighted by atomic mass is 10.1. The third kappa shape index (κ3) is 5.08. The molecule has 3 aromatic rings. The number of ether oxygens (including phenoxy) is 1. The Balaban J connectivity index is 1.68. The maximum atomic E-state index is 12.1. The molecule has 3 rings (SSSR count). The minimum absolute atomic E-state index is 0.0824. The molecule has 29 heavy (non-hydrogen) atoms. The Bertz CT molecular complexity index is 1060. The van der Waals surface area contributed by atoms with Crippen molar-refractivity contribution in [2.45, 2.75) is 6.92 Å². The first kappa shape index (κ1) is 20.3. The molecular weight excluding hydrogens is 442 g/mol. The number of carbonyl (C=O) groups is 1. The Labute approximate surface area is 174 Å². The fourth-order valence-corrected chi connectivity index (χ4v) is 2.87. The largest absolute Gasteiger partial charge is 0.494 e. The first-order valence-electron chi connectivity index (χ1n) is 8.58. The van der Waals surface area contributed by atoms with Gasteiger partial charge in [-0.1, -0.05) is 15.9 Å². The predicted molar refractivity (Wildman–Crippen MR) is 111 cm³/mol. The van der Waals surface area contributed by atoms with Crippen molar-refractivity contribution < 1.29 is 18.9 Å². The highest BCUT2D eigenvalue weighted by molar-refractivity contribution is 9.10. The molecule has 0 unspecified atom stereocenters. The Morgan fingerprint density at radius 3 is 2.69 bits per heavy atom. The molecule has 0 aliphatic heterocycles. The molecular formula is C20H16BrN3O5. The molecule has 1 N–H and O–H groups in total. The maximum Gasteiger partial charge on any atom is 0.281 e. The van der Waals surface area contributed by atoms with Crippen LogP contribution in [0, 0.1) is 10.1 Å². The number of nitrogens with one attached hydrogen (secondary N) is 1. The van der Waals surface area contributed by atoms with Gasteiger partial charge in [-0.2, -0.15) is 5.10 Å². The average Bonchev–Trinajstić information content (AvgIpc) is 3.17. The van der Waals surface area contributed by atoms with E-state index < -0.39 is 4.92 Å². The molecule has 1 heterocycles. The van der Waals surface area contributed by atoms with Gasteiger partial charge in [-0.05, 0) is 55.5 Å². The second kappa shape index (κ2) is 9.16. The first-order valence-corrected chi connectivity index (χ1v) is 9.37. The Kier molecular flexibility index (Phi) is 6.40. The summed E-state index contributed by atoms with van der Waals surface area (Å²) < 4.78 is 11.5. The van der Waals surface area contributed by atoms with E-state index in [1.54, 1.807) is 48.5 Å². The third-order valence-electron chi connectivity index (χ3n) is 3.83. The quantitative estimate of drug-likeness (QED) is 0.312. The summed E-state index contributed by atoms with van der Waals surface area (Å²) in [6, 6.07) is 14.6. The predicted octanol–water partition coefficient (Wildman–Crippen LogP) is 4.78. The number of amides is 1. The van der Waals surface area contributed by atoms with Crippen molar-refractivity contribution in [1.29, 1.82) is 0 Å². The standard InChI is InChI=1S/C20H16BrN3O5/c1-2-28-15-6-3-13(4-7-15)20(25)23-22-12-16-8-10-19(29-16)17-9-5-14(21)11-18(17)24(26)27/h3-12H,2H2,1H3,(H,23,25)/b22-12+. The lowest BCUT2D eigenvalue weighted by Gasteiger charge is -2.03. The Morgan fingerprint density at radius 2 is 2.00 bits per heavy atom. The van der Waals surface area contributed by atoms with Gasteiger partial charge in [0.25, 0.3) is 11.6 Å². The van der Waals surface area contributed by atoms with Crippen molar-refractivity contribution in [3.8, 4) is 17.1 Å². The summed E-state index contributed by atoms with van der Waals surface area (Å²) in [6.07, 6.45) is 1.32. The monoisotopic (exact) mass is 457 g/mol. The van der Waals surface area contributed by atoms with Gasteiger partial charge >= 0.3 is 0 Å². The van der Waals surface area contributed by atoms with E-state index in [9.17, 15) is 14.9 Å². The van der Waals surface area contributed by atoms with E-state index >= 15 is 0 Å². The average molecular weight is 458 g/mol. The van der Waals surface area contributed by atoms with Crippen molar-refractivity contribution in [2.24, 2.45) is 5.10 Å². The summed E-state index contributed by atoms with van der Waals surface area (Å²) in [5, 5.41) is 15.1. The molecule has 8 nitrogen and oxygen atoms in total. The number of carbonyl (C=O) groups excluding carboxylic acids is 1. The molecule has 0 saturated carbocycles. The minimum atomic E-state index is -0.479. The fraction of sp³-hybridized carbons (Fsp3) is 0.100. The molecule has 0 bridgehead atoms. The lowest BCUT2D eigenvalue weighted by Crippen LogP contribution is -2.17. The summed E-state index contributed by atoms with van der Waals surface area (Å²) in [5.74, 6) is 0.949. The van der Waals surface area contributed by atoms with Crippen LogP contribution in [0.4, 0.5) is 5.69 Å². The van der Waals surface area contributed by atoms with Crippen LogP contribution in [-0.4, -0.2) is 23.7 Å². The van der Waals surface area contributed by atoms with Crippen LogP contribution in [0.25, 0.3) is 11.3 Å². The van der Waals surface area contributed by atoms with E-state index in [4.69, 9.17) is 9.15 Å². The number of furan rings is 1. The molecule has 1 aromatic heterocycles. The van der Waals surface area contributed by atoms with Gasteiger partial charge in [-0.3, -0.25) is 14.9 Å². The minimum Gasteiger partial charge on any atom is -0.494 e. The second-order valence-electron chi connectivity index (χ2n) is 5.78. The third-order valence-corrected chi connectivity index (χ3v) is 4.33. The van der Waals surface area contributed by atoms with Gasteiger partial charge in [0.1, 0.15) is 17.3 Å². The normalized spacial score (nSPS) is 10.8. The molecule has 9 heteroatoms. The molecule has 0 aliphatic carbocycles. The zero-order valence-corrected chi connectivity index (χ0v) is 16.9. The van der Waals surface area contributed by atoms with Crippen molar-refractivity contribution in [1.82, 2.24) is 5.43 Å². The molecule has 0 aliphatic rings. The van der Waals surface area contributed by atoms with Crippen molar-refractivity contribution >= 4 is 33.7 Å². The van der Waals surface area contributed by atoms with Crippen LogP contribution >= 0.6 is 15.9 Å². The van der Waals surface area contributed by atoms with Crippen molar-refractivity contribution in [3.63, 3.8) is 0 Å². The number of hydrogen-bond acceptors (Lipinski definition) is 6. The zero-order valence-electron chi connectivity index (χ0n) is 15.3. The van der Waals surface area contributed by atoms with Crippen LogP contribution in [-0.2, 0) is 0 Å². The number of nitrogens with zero attached hydrogens (tertiary/aromatic N) is 2. The molecule has 0 atom stereocenters. The molecule has 0 spiro atoms. The zero-order chi connectivity index (χ0) is 20.8. The van der Waals surface area contributed by atoms with Crippen LogP contribution in [0.5, 0.6) is 5.75 Å². The van der Waals surface area contributed by atoms with Gasteiger partial charge in [-0.15, -0.1) is 0 Å². The molecule has 148 valence electrons. The smallest absolute Gasteiger partial charge is 0.281 e. The highest BCUT2D eigenvalue weighted by atomic mass is 79.9. The van der Waals surface area contributed by atoms with E-state index in [0.717, 1.165) is 0 Å². The summed E-state index contributed by atoms with van der Waals surface area (Å²) >= 11 is 3.22. The summed E-state index contributed by atoms with van der Waals surface area (Å²) in [4.78, 5) is 22.9.